The van der Waals surface area contributed by atoms with E-state index in [-0.39, 0.29) is 0 Å². The fourth-order valence-corrected chi connectivity index (χ4v) is 4.68. The highest BCUT2D eigenvalue weighted by molar-refractivity contribution is 8.00. The zero-order valence-corrected chi connectivity index (χ0v) is 10.1. The van der Waals surface area contributed by atoms with Crippen LogP contribution in [-0.4, -0.2) is 23.1 Å². The maximum absolute atomic E-state index is 3.65. The van der Waals surface area contributed by atoms with Gasteiger partial charge in [0.05, 0.1) is 0 Å². The van der Waals surface area contributed by atoms with Gasteiger partial charge in [-0.2, -0.15) is 11.8 Å². The fourth-order valence-electron chi connectivity index (χ4n) is 2.86. The fraction of sp³-hybridized carbons (Fsp3) is 1.00. The summed E-state index contributed by atoms with van der Waals surface area (Å²) in [4.78, 5) is 0. The molecule has 0 aromatic heterocycles. The molecular weight excluding hydrogens is 190 g/mol. The van der Waals surface area contributed by atoms with Crippen LogP contribution in [0.2, 0.25) is 0 Å². The summed E-state index contributed by atoms with van der Waals surface area (Å²) in [6.07, 6.45) is 10.3. The molecule has 1 nitrogen and oxygen atoms in total. The van der Waals surface area contributed by atoms with Gasteiger partial charge in [0.15, 0.2) is 0 Å². The Morgan fingerprint density at radius 1 is 1.07 bits per heavy atom. The van der Waals surface area contributed by atoms with Crippen molar-refractivity contribution in [1.29, 1.82) is 0 Å². The molecule has 0 saturated heterocycles. The Labute approximate surface area is 92.4 Å². The molecule has 0 spiro atoms. The Morgan fingerprint density at radius 2 is 1.86 bits per heavy atom. The highest BCUT2D eigenvalue weighted by atomic mass is 32.2. The zero-order valence-electron chi connectivity index (χ0n) is 9.30. The smallest absolute Gasteiger partial charge is 0.0203 e. The largest absolute Gasteiger partial charge is 0.313 e. The van der Waals surface area contributed by atoms with Crippen LogP contribution in [0.15, 0.2) is 0 Å². The molecule has 0 bridgehead atoms. The quantitative estimate of drug-likeness (QED) is 0.769. The van der Waals surface area contributed by atoms with Crippen LogP contribution in [0.3, 0.4) is 0 Å². The summed E-state index contributed by atoms with van der Waals surface area (Å²) < 4.78 is 0. The van der Waals surface area contributed by atoms with Crippen molar-refractivity contribution >= 4 is 11.8 Å². The number of hydrogen-bond donors (Lipinski definition) is 1. The Hall–Kier alpha value is 0.310. The molecule has 0 heterocycles. The molecule has 2 fully saturated rings. The molecule has 1 N–H and O–H groups in total. The van der Waals surface area contributed by atoms with Gasteiger partial charge in [0.2, 0.25) is 0 Å². The summed E-state index contributed by atoms with van der Waals surface area (Å²) in [5, 5.41) is 5.58. The Balaban J connectivity index is 1.77. The van der Waals surface area contributed by atoms with Gasteiger partial charge in [-0.05, 0) is 32.2 Å². The topological polar surface area (TPSA) is 12.0 Å². The number of rotatable bonds is 4. The SMILES string of the molecule is CCNC1CCCC1SC1CCCC1. The van der Waals surface area contributed by atoms with Gasteiger partial charge in [0.25, 0.3) is 0 Å². The molecule has 2 saturated carbocycles. The van der Waals surface area contributed by atoms with Crippen LogP contribution < -0.4 is 5.32 Å². The molecule has 2 aliphatic carbocycles. The molecule has 2 unspecified atom stereocenters. The third-order valence-electron chi connectivity index (χ3n) is 3.59. The van der Waals surface area contributed by atoms with Crippen LogP contribution in [0.25, 0.3) is 0 Å². The van der Waals surface area contributed by atoms with Crippen LogP contribution in [0.4, 0.5) is 0 Å². The Morgan fingerprint density at radius 3 is 2.57 bits per heavy atom. The maximum atomic E-state index is 3.65. The Bertz CT molecular complexity index is 166. The summed E-state index contributed by atoms with van der Waals surface area (Å²) in [5.74, 6) is 0. The average Bonchev–Trinajstić information content (AvgIpc) is 2.80. The predicted molar refractivity (Wildman–Crippen MR) is 65.0 cm³/mol. The lowest BCUT2D eigenvalue weighted by Gasteiger charge is -2.22. The second-order valence-electron chi connectivity index (χ2n) is 4.68. The van der Waals surface area contributed by atoms with E-state index in [0.717, 1.165) is 23.1 Å². The van der Waals surface area contributed by atoms with Gasteiger partial charge in [-0.15, -0.1) is 0 Å². The summed E-state index contributed by atoms with van der Waals surface area (Å²) >= 11 is 2.30. The minimum Gasteiger partial charge on any atom is -0.313 e. The Kier molecular flexibility index (Phi) is 4.18. The highest BCUT2D eigenvalue weighted by Crippen LogP contribution is 2.38. The van der Waals surface area contributed by atoms with Crippen LogP contribution >= 0.6 is 11.8 Å². The van der Waals surface area contributed by atoms with E-state index < -0.39 is 0 Å². The summed E-state index contributed by atoms with van der Waals surface area (Å²) in [5.41, 5.74) is 0. The standard InChI is InChI=1S/C12H23NS/c1-2-13-11-8-5-9-12(11)14-10-6-3-4-7-10/h10-13H,2-9H2,1H3. The molecule has 0 aliphatic heterocycles. The highest BCUT2D eigenvalue weighted by Gasteiger charge is 2.30. The first-order chi connectivity index (χ1) is 6.90. The van der Waals surface area contributed by atoms with Gasteiger partial charge >= 0.3 is 0 Å². The molecule has 0 aromatic carbocycles. The number of hydrogen-bond acceptors (Lipinski definition) is 2. The van der Waals surface area contributed by atoms with Crippen molar-refractivity contribution in [3.63, 3.8) is 0 Å². The van der Waals surface area contributed by atoms with E-state index in [4.69, 9.17) is 0 Å². The van der Waals surface area contributed by atoms with E-state index in [1.165, 1.54) is 44.9 Å². The second kappa shape index (κ2) is 5.41. The first-order valence-electron chi connectivity index (χ1n) is 6.29. The third-order valence-corrected chi connectivity index (χ3v) is 5.36. The molecule has 2 rings (SSSR count). The molecule has 0 amide bonds. The van der Waals surface area contributed by atoms with Gasteiger partial charge < -0.3 is 5.32 Å². The molecule has 2 aliphatic rings. The summed E-state index contributed by atoms with van der Waals surface area (Å²) in [6, 6.07) is 0.825. The molecule has 82 valence electrons. The molecule has 2 heteroatoms. The lowest BCUT2D eigenvalue weighted by molar-refractivity contribution is 0.549. The van der Waals surface area contributed by atoms with Crippen LogP contribution in [-0.2, 0) is 0 Å². The van der Waals surface area contributed by atoms with Crippen molar-refractivity contribution in [2.24, 2.45) is 0 Å². The van der Waals surface area contributed by atoms with Crippen LogP contribution in [0, 0.1) is 0 Å². The average molecular weight is 213 g/mol. The minimum atomic E-state index is 0.825. The number of nitrogens with one attached hydrogen (secondary N) is 1. The maximum Gasteiger partial charge on any atom is 0.0203 e. The van der Waals surface area contributed by atoms with E-state index in [0.29, 0.717) is 0 Å². The van der Waals surface area contributed by atoms with Gasteiger partial charge in [-0.1, -0.05) is 26.2 Å². The van der Waals surface area contributed by atoms with E-state index in [9.17, 15) is 0 Å². The van der Waals surface area contributed by atoms with Gasteiger partial charge in [-0.25, -0.2) is 0 Å². The first-order valence-corrected chi connectivity index (χ1v) is 7.23. The van der Waals surface area contributed by atoms with Crippen molar-refractivity contribution in [2.45, 2.75) is 68.4 Å². The minimum absolute atomic E-state index is 0.825. The lowest BCUT2D eigenvalue weighted by atomic mass is 10.2. The van der Waals surface area contributed by atoms with Crippen LogP contribution in [0.5, 0.6) is 0 Å². The molecule has 2 atom stereocenters. The summed E-state index contributed by atoms with van der Waals surface area (Å²) in [6.45, 7) is 3.38. The number of thioether (sulfide) groups is 1. The first kappa shape index (κ1) is 10.8. The predicted octanol–water partition coefficient (Wildman–Crippen LogP) is 3.19. The van der Waals surface area contributed by atoms with Gasteiger partial charge in [0, 0.05) is 16.5 Å². The van der Waals surface area contributed by atoms with E-state index in [2.05, 4.69) is 24.0 Å². The molecular formula is C12H23NS. The van der Waals surface area contributed by atoms with Crippen LogP contribution in [0.1, 0.15) is 51.9 Å². The lowest BCUT2D eigenvalue weighted by Crippen LogP contribution is -2.34. The monoisotopic (exact) mass is 213 g/mol. The van der Waals surface area contributed by atoms with Gasteiger partial charge in [-0.3, -0.25) is 0 Å². The molecule has 0 aromatic rings. The normalized spacial score (nSPS) is 34.1. The second-order valence-corrected chi connectivity index (χ2v) is 6.22. The van der Waals surface area contributed by atoms with E-state index >= 15 is 0 Å². The van der Waals surface area contributed by atoms with E-state index in [1.807, 2.05) is 0 Å². The molecule has 0 radical (unpaired) electrons. The van der Waals surface area contributed by atoms with Gasteiger partial charge in [0.1, 0.15) is 0 Å². The van der Waals surface area contributed by atoms with Crippen molar-refractivity contribution in [3.05, 3.63) is 0 Å². The van der Waals surface area contributed by atoms with Crippen molar-refractivity contribution in [3.8, 4) is 0 Å². The van der Waals surface area contributed by atoms with Crippen molar-refractivity contribution in [1.82, 2.24) is 5.32 Å². The third kappa shape index (κ3) is 2.66. The zero-order chi connectivity index (χ0) is 9.80. The van der Waals surface area contributed by atoms with Crippen molar-refractivity contribution < 1.29 is 0 Å². The molecule has 14 heavy (non-hydrogen) atoms. The van der Waals surface area contributed by atoms with Crippen molar-refractivity contribution in [2.75, 3.05) is 6.54 Å². The van der Waals surface area contributed by atoms with E-state index in [1.54, 1.807) is 0 Å². The summed E-state index contributed by atoms with van der Waals surface area (Å²) in [7, 11) is 0.